The van der Waals surface area contributed by atoms with Crippen LogP contribution in [0.4, 0.5) is 4.39 Å². The lowest BCUT2D eigenvalue weighted by atomic mass is 9.86. The van der Waals surface area contributed by atoms with E-state index in [1.165, 1.54) is 25.3 Å². The Hall–Kier alpha value is -1.66. The van der Waals surface area contributed by atoms with Gasteiger partial charge in [0.05, 0.1) is 13.7 Å². The molecule has 0 radical (unpaired) electrons. The molecule has 2 atom stereocenters. The van der Waals surface area contributed by atoms with Gasteiger partial charge in [0.2, 0.25) is 5.91 Å². The van der Waals surface area contributed by atoms with Crippen molar-refractivity contribution in [1.82, 2.24) is 15.1 Å². The summed E-state index contributed by atoms with van der Waals surface area (Å²) in [5.74, 6) is 1.22. The first-order chi connectivity index (χ1) is 13.0. The van der Waals surface area contributed by atoms with E-state index in [0.717, 1.165) is 43.9 Å². The molecule has 1 aliphatic heterocycles. The van der Waals surface area contributed by atoms with Crippen LogP contribution in [0.25, 0.3) is 0 Å². The van der Waals surface area contributed by atoms with Crippen molar-refractivity contribution in [2.45, 2.75) is 45.2 Å². The molecule has 1 aromatic carbocycles. The molecule has 150 valence electrons. The van der Waals surface area contributed by atoms with Gasteiger partial charge in [-0.05, 0) is 37.0 Å². The van der Waals surface area contributed by atoms with Crippen LogP contribution in [0.2, 0.25) is 0 Å². The Morgan fingerprint density at radius 3 is 2.59 bits per heavy atom. The van der Waals surface area contributed by atoms with Gasteiger partial charge in [-0.25, -0.2) is 4.39 Å². The summed E-state index contributed by atoms with van der Waals surface area (Å²) >= 11 is 0. The van der Waals surface area contributed by atoms with E-state index in [-0.39, 0.29) is 11.7 Å². The van der Waals surface area contributed by atoms with Gasteiger partial charge in [0.1, 0.15) is 11.6 Å². The van der Waals surface area contributed by atoms with Crippen LogP contribution in [-0.4, -0.2) is 61.6 Å². The van der Waals surface area contributed by atoms with Gasteiger partial charge in [-0.1, -0.05) is 19.8 Å². The SMILES string of the molecule is COc1ccc(F)cc1CN1CCN(CC(=O)N[C@@H]2CCCC[C@H]2C)CC1. The number of methoxy groups -OCH3 is 1. The third kappa shape index (κ3) is 5.66. The summed E-state index contributed by atoms with van der Waals surface area (Å²) in [4.78, 5) is 16.9. The van der Waals surface area contributed by atoms with Gasteiger partial charge in [-0.3, -0.25) is 14.6 Å². The highest BCUT2D eigenvalue weighted by Gasteiger charge is 2.25. The van der Waals surface area contributed by atoms with Crippen molar-refractivity contribution in [3.63, 3.8) is 0 Å². The van der Waals surface area contributed by atoms with Crippen LogP contribution in [-0.2, 0) is 11.3 Å². The molecule has 1 saturated heterocycles. The quantitative estimate of drug-likeness (QED) is 0.828. The van der Waals surface area contributed by atoms with Gasteiger partial charge in [-0.2, -0.15) is 0 Å². The molecule has 0 unspecified atom stereocenters. The van der Waals surface area contributed by atoms with Crippen LogP contribution in [0.3, 0.4) is 0 Å². The molecule has 1 aromatic rings. The third-order valence-electron chi connectivity index (χ3n) is 5.93. The number of piperazine rings is 1. The normalized spacial score (nSPS) is 24.6. The Balaban J connectivity index is 1.43. The zero-order valence-corrected chi connectivity index (χ0v) is 16.5. The molecule has 5 nitrogen and oxygen atoms in total. The Kier molecular flexibility index (Phi) is 7.07. The lowest BCUT2D eigenvalue weighted by molar-refractivity contribution is -0.124. The zero-order chi connectivity index (χ0) is 19.2. The summed E-state index contributed by atoms with van der Waals surface area (Å²) in [6.07, 6.45) is 4.83. The fraction of sp³-hybridized carbons (Fsp3) is 0.667. The van der Waals surface area contributed by atoms with E-state index in [1.807, 2.05) is 0 Å². The fourth-order valence-electron chi connectivity index (χ4n) is 4.20. The van der Waals surface area contributed by atoms with E-state index in [0.29, 0.717) is 25.0 Å². The van der Waals surface area contributed by atoms with Crippen molar-refractivity contribution in [2.24, 2.45) is 5.92 Å². The number of nitrogens with zero attached hydrogens (tertiary/aromatic N) is 2. The molecular formula is C21H32FN3O2. The summed E-state index contributed by atoms with van der Waals surface area (Å²) in [7, 11) is 1.61. The standard InChI is InChI=1S/C21H32FN3O2/c1-16-5-3-4-6-19(16)23-21(26)15-25-11-9-24(10-12-25)14-17-13-18(22)7-8-20(17)27-2/h7-8,13,16,19H,3-6,9-12,14-15H2,1-2H3,(H,23,26)/t16-,19-/m1/s1. The summed E-state index contributed by atoms with van der Waals surface area (Å²) in [6.45, 7) is 6.82. The van der Waals surface area contributed by atoms with Gasteiger partial charge in [-0.15, -0.1) is 0 Å². The van der Waals surface area contributed by atoms with Crippen LogP contribution in [0.15, 0.2) is 18.2 Å². The maximum Gasteiger partial charge on any atom is 0.234 e. The molecule has 0 spiro atoms. The van der Waals surface area contributed by atoms with Gasteiger partial charge in [0, 0.05) is 44.3 Å². The minimum atomic E-state index is -0.238. The monoisotopic (exact) mass is 377 g/mol. The zero-order valence-electron chi connectivity index (χ0n) is 16.5. The van der Waals surface area contributed by atoms with Crippen molar-refractivity contribution in [3.05, 3.63) is 29.6 Å². The van der Waals surface area contributed by atoms with Crippen molar-refractivity contribution in [1.29, 1.82) is 0 Å². The fourth-order valence-corrected chi connectivity index (χ4v) is 4.20. The molecule has 2 fully saturated rings. The second kappa shape index (κ2) is 9.51. The third-order valence-corrected chi connectivity index (χ3v) is 5.93. The highest BCUT2D eigenvalue weighted by molar-refractivity contribution is 5.78. The first kappa shape index (κ1) is 20.1. The molecule has 2 aliphatic rings. The molecule has 1 amide bonds. The molecule has 27 heavy (non-hydrogen) atoms. The second-order valence-corrected chi connectivity index (χ2v) is 7.94. The van der Waals surface area contributed by atoms with Crippen LogP contribution in [0.5, 0.6) is 5.75 Å². The first-order valence-electron chi connectivity index (χ1n) is 10.1. The molecule has 3 rings (SSSR count). The number of carbonyl (C=O) groups is 1. The second-order valence-electron chi connectivity index (χ2n) is 7.94. The van der Waals surface area contributed by atoms with Crippen LogP contribution < -0.4 is 10.1 Å². The van der Waals surface area contributed by atoms with Crippen molar-refractivity contribution < 1.29 is 13.9 Å². The minimum Gasteiger partial charge on any atom is -0.496 e. The molecular weight excluding hydrogens is 345 g/mol. The Bertz CT molecular complexity index is 632. The molecule has 1 heterocycles. The van der Waals surface area contributed by atoms with E-state index >= 15 is 0 Å². The highest BCUT2D eigenvalue weighted by Crippen LogP contribution is 2.24. The summed E-state index contributed by atoms with van der Waals surface area (Å²) in [6, 6.07) is 4.99. The van der Waals surface area contributed by atoms with Crippen molar-refractivity contribution in [3.8, 4) is 5.75 Å². The largest absolute Gasteiger partial charge is 0.496 e. The predicted molar refractivity (Wildman–Crippen MR) is 104 cm³/mol. The number of ether oxygens (including phenoxy) is 1. The number of rotatable bonds is 6. The number of nitrogens with one attached hydrogen (secondary N) is 1. The van der Waals surface area contributed by atoms with Gasteiger partial charge < -0.3 is 10.1 Å². The van der Waals surface area contributed by atoms with E-state index < -0.39 is 0 Å². The van der Waals surface area contributed by atoms with E-state index in [2.05, 4.69) is 22.0 Å². The molecule has 0 aromatic heterocycles. The summed E-state index contributed by atoms with van der Waals surface area (Å²) in [5.41, 5.74) is 0.870. The van der Waals surface area contributed by atoms with Crippen LogP contribution in [0, 0.1) is 11.7 Å². The number of hydrogen-bond acceptors (Lipinski definition) is 4. The van der Waals surface area contributed by atoms with E-state index in [9.17, 15) is 9.18 Å². The Morgan fingerprint density at radius 1 is 1.19 bits per heavy atom. The van der Waals surface area contributed by atoms with Crippen molar-refractivity contribution in [2.75, 3.05) is 39.8 Å². The number of benzene rings is 1. The lowest BCUT2D eigenvalue weighted by Crippen LogP contribution is -2.51. The average molecular weight is 378 g/mol. The van der Waals surface area contributed by atoms with E-state index in [4.69, 9.17) is 4.74 Å². The minimum absolute atomic E-state index is 0.147. The van der Waals surface area contributed by atoms with Gasteiger partial charge in [0.15, 0.2) is 0 Å². The molecule has 1 aliphatic carbocycles. The Labute approximate surface area is 161 Å². The van der Waals surface area contributed by atoms with Gasteiger partial charge in [0.25, 0.3) is 0 Å². The van der Waals surface area contributed by atoms with Gasteiger partial charge >= 0.3 is 0 Å². The molecule has 6 heteroatoms. The van der Waals surface area contributed by atoms with Crippen molar-refractivity contribution >= 4 is 5.91 Å². The van der Waals surface area contributed by atoms with Crippen LogP contribution in [0.1, 0.15) is 38.2 Å². The topological polar surface area (TPSA) is 44.8 Å². The molecule has 1 N–H and O–H groups in total. The maximum absolute atomic E-state index is 13.5. The Morgan fingerprint density at radius 2 is 1.89 bits per heavy atom. The summed E-state index contributed by atoms with van der Waals surface area (Å²) in [5, 5.41) is 3.24. The van der Waals surface area contributed by atoms with E-state index in [1.54, 1.807) is 19.2 Å². The average Bonchev–Trinajstić information content (AvgIpc) is 2.65. The number of hydrogen-bond donors (Lipinski definition) is 1. The number of amides is 1. The smallest absolute Gasteiger partial charge is 0.234 e. The molecule has 1 saturated carbocycles. The lowest BCUT2D eigenvalue weighted by Gasteiger charge is -2.35. The maximum atomic E-state index is 13.5. The summed E-state index contributed by atoms with van der Waals surface area (Å²) < 4.78 is 18.9. The van der Waals surface area contributed by atoms with Crippen LogP contribution >= 0.6 is 0 Å². The highest BCUT2D eigenvalue weighted by atomic mass is 19.1. The predicted octanol–water partition coefficient (Wildman–Crippen LogP) is 2.65. The number of halogens is 1. The molecule has 0 bridgehead atoms. The first-order valence-corrected chi connectivity index (χ1v) is 10.1. The number of carbonyl (C=O) groups excluding carboxylic acids is 1.